The van der Waals surface area contributed by atoms with Crippen LogP contribution in [0.4, 0.5) is 11.6 Å². The quantitative estimate of drug-likeness (QED) is 0.496. The molecule has 1 N–H and O–H groups in total. The molecule has 32 heavy (non-hydrogen) atoms. The van der Waals surface area contributed by atoms with E-state index in [2.05, 4.69) is 38.5 Å². The minimum absolute atomic E-state index is 0.228. The van der Waals surface area contributed by atoms with Gasteiger partial charge >= 0.3 is 0 Å². The zero-order valence-electron chi connectivity index (χ0n) is 18.7. The van der Waals surface area contributed by atoms with Gasteiger partial charge in [-0.25, -0.2) is 14.5 Å². The van der Waals surface area contributed by atoms with E-state index < -0.39 is 0 Å². The fourth-order valence-corrected chi connectivity index (χ4v) is 4.16. The number of hydrogen-bond donors (Lipinski definition) is 1. The summed E-state index contributed by atoms with van der Waals surface area (Å²) in [5, 5.41) is 12.3. The van der Waals surface area contributed by atoms with Crippen molar-refractivity contribution in [3.05, 3.63) is 48.2 Å². The van der Waals surface area contributed by atoms with Gasteiger partial charge in [-0.05, 0) is 39.3 Å². The SMILES string of the molecule is Cc1cc(Nc2cc3cc(-c4c(OCC5CCO[C@H]5C)cnn4C)ccn3n2)nc(C)n1. The second-order valence-corrected chi connectivity index (χ2v) is 8.30. The van der Waals surface area contributed by atoms with E-state index in [0.717, 1.165) is 58.7 Å². The predicted molar refractivity (Wildman–Crippen MR) is 121 cm³/mol. The molecule has 1 aliphatic rings. The van der Waals surface area contributed by atoms with Crippen LogP contribution in [0.5, 0.6) is 5.75 Å². The maximum Gasteiger partial charge on any atom is 0.165 e. The second kappa shape index (κ2) is 8.23. The van der Waals surface area contributed by atoms with Gasteiger partial charge in [-0.2, -0.15) is 10.2 Å². The number of aryl methyl sites for hydroxylation is 3. The Kier molecular flexibility index (Phi) is 5.26. The van der Waals surface area contributed by atoms with Gasteiger partial charge in [-0.1, -0.05) is 0 Å². The molecule has 2 atom stereocenters. The van der Waals surface area contributed by atoms with Crippen molar-refractivity contribution in [2.24, 2.45) is 13.0 Å². The summed E-state index contributed by atoms with van der Waals surface area (Å²) in [7, 11) is 1.93. The highest BCUT2D eigenvalue weighted by atomic mass is 16.5. The van der Waals surface area contributed by atoms with Crippen molar-refractivity contribution < 1.29 is 9.47 Å². The number of pyridine rings is 1. The van der Waals surface area contributed by atoms with E-state index in [1.807, 2.05) is 54.5 Å². The Morgan fingerprint density at radius 2 is 2.06 bits per heavy atom. The molecule has 0 radical (unpaired) electrons. The van der Waals surface area contributed by atoms with Crippen LogP contribution in [0.1, 0.15) is 24.9 Å². The fraction of sp³-hybridized carbons (Fsp3) is 0.391. The summed E-state index contributed by atoms with van der Waals surface area (Å²) in [6, 6.07) is 8.00. The van der Waals surface area contributed by atoms with E-state index in [0.29, 0.717) is 12.5 Å². The third-order valence-corrected chi connectivity index (χ3v) is 5.85. The minimum atomic E-state index is 0.228. The molecule has 0 amide bonds. The fourth-order valence-electron chi connectivity index (χ4n) is 4.16. The lowest BCUT2D eigenvalue weighted by Crippen LogP contribution is -2.19. The van der Waals surface area contributed by atoms with E-state index in [1.165, 1.54) is 0 Å². The first-order valence-corrected chi connectivity index (χ1v) is 10.8. The van der Waals surface area contributed by atoms with Crippen molar-refractivity contribution in [2.45, 2.75) is 33.3 Å². The normalized spacial score (nSPS) is 18.4. The van der Waals surface area contributed by atoms with Crippen molar-refractivity contribution in [1.29, 1.82) is 0 Å². The van der Waals surface area contributed by atoms with Gasteiger partial charge in [0.15, 0.2) is 11.6 Å². The Labute approximate surface area is 186 Å². The molecule has 0 aliphatic carbocycles. The molecule has 0 spiro atoms. The number of anilines is 2. The van der Waals surface area contributed by atoms with Gasteiger partial charge in [-0.3, -0.25) is 4.68 Å². The van der Waals surface area contributed by atoms with Crippen LogP contribution in [0.15, 0.2) is 36.7 Å². The third-order valence-electron chi connectivity index (χ3n) is 5.85. The summed E-state index contributed by atoms with van der Waals surface area (Å²) in [6.07, 6.45) is 4.98. The standard InChI is InChI=1S/C23H27N7O2/c1-14-9-21(26-16(3)25-14)27-22-11-19-10-17(5-7-30(19)28-22)23-20(12-24-29(23)4)32-13-18-6-8-31-15(18)2/h5,7,9-12,15,18H,6,8,13H2,1-4H3,(H,25,26,27,28)/t15-,18?/m0/s1. The van der Waals surface area contributed by atoms with Crippen molar-refractivity contribution in [1.82, 2.24) is 29.4 Å². The number of aromatic nitrogens is 6. The molecule has 4 aromatic heterocycles. The van der Waals surface area contributed by atoms with E-state index in [-0.39, 0.29) is 6.10 Å². The molecular formula is C23H27N7O2. The molecule has 166 valence electrons. The molecule has 5 rings (SSSR count). The molecule has 0 saturated carbocycles. The van der Waals surface area contributed by atoms with E-state index in [4.69, 9.17) is 9.47 Å². The molecule has 0 aromatic carbocycles. The average Bonchev–Trinajstić information content (AvgIpc) is 3.43. The number of fused-ring (bicyclic) bond motifs is 1. The van der Waals surface area contributed by atoms with E-state index >= 15 is 0 Å². The van der Waals surface area contributed by atoms with Crippen LogP contribution in [0.25, 0.3) is 16.8 Å². The van der Waals surface area contributed by atoms with Crippen molar-refractivity contribution in [3.63, 3.8) is 0 Å². The summed E-state index contributed by atoms with van der Waals surface area (Å²) in [5.74, 6) is 3.35. The monoisotopic (exact) mass is 433 g/mol. The second-order valence-electron chi connectivity index (χ2n) is 8.30. The Morgan fingerprint density at radius 3 is 2.84 bits per heavy atom. The first-order chi connectivity index (χ1) is 15.5. The van der Waals surface area contributed by atoms with Gasteiger partial charge in [0.25, 0.3) is 0 Å². The molecule has 1 saturated heterocycles. The van der Waals surface area contributed by atoms with Crippen LogP contribution in [-0.2, 0) is 11.8 Å². The summed E-state index contributed by atoms with van der Waals surface area (Å²) >= 11 is 0. The Bertz CT molecular complexity index is 1240. The Balaban J connectivity index is 1.40. The molecule has 1 aliphatic heterocycles. The maximum atomic E-state index is 6.17. The number of nitrogens with one attached hydrogen (secondary N) is 1. The number of nitrogens with zero attached hydrogens (tertiary/aromatic N) is 6. The topological polar surface area (TPSA) is 91.4 Å². The molecule has 1 unspecified atom stereocenters. The maximum absolute atomic E-state index is 6.17. The number of ether oxygens (including phenoxy) is 2. The molecule has 5 heterocycles. The lowest BCUT2D eigenvalue weighted by Gasteiger charge is -2.15. The Hall–Kier alpha value is -3.46. The molecule has 9 heteroatoms. The van der Waals surface area contributed by atoms with Crippen LogP contribution < -0.4 is 10.1 Å². The zero-order chi connectivity index (χ0) is 22.2. The smallest absolute Gasteiger partial charge is 0.165 e. The average molecular weight is 434 g/mol. The van der Waals surface area contributed by atoms with Gasteiger partial charge in [0.2, 0.25) is 0 Å². The van der Waals surface area contributed by atoms with Crippen molar-refractivity contribution in [2.75, 3.05) is 18.5 Å². The number of hydrogen-bond acceptors (Lipinski definition) is 7. The van der Waals surface area contributed by atoms with Crippen LogP contribution in [0, 0.1) is 19.8 Å². The van der Waals surface area contributed by atoms with Gasteiger partial charge in [-0.15, -0.1) is 0 Å². The van der Waals surface area contributed by atoms with Crippen LogP contribution in [0.3, 0.4) is 0 Å². The summed E-state index contributed by atoms with van der Waals surface area (Å²) in [4.78, 5) is 8.75. The predicted octanol–water partition coefficient (Wildman–Crippen LogP) is 3.69. The van der Waals surface area contributed by atoms with Crippen LogP contribution >= 0.6 is 0 Å². The third kappa shape index (κ3) is 4.03. The summed E-state index contributed by atoms with van der Waals surface area (Å²) < 4.78 is 15.5. The minimum Gasteiger partial charge on any atom is -0.489 e. The van der Waals surface area contributed by atoms with Gasteiger partial charge < -0.3 is 14.8 Å². The molecule has 0 bridgehead atoms. The zero-order valence-corrected chi connectivity index (χ0v) is 18.7. The molecular weight excluding hydrogens is 406 g/mol. The first kappa shape index (κ1) is 20.4. The summed E-state index contributed by atoms with van der Waals surface area (Å²) in [6.45, 7) is 7.36. The summed E-state index contributed by atoms with van der Waals surface area (Å²) in [5.41, 5.74) is 3.83. The van der Waals surface area contributed by atoms with E-state index in [9.17, 15) is 0 Å². The Morgan fingerprint density at radius 1 is 1.19 bits per heavy atom. The van der Waals surface area contributed by atoms with Gasteiger partial charge in [0, 0.05) is 49.2 Å². The highest BCUT2D eigenvalue weighted by Crippen LogP contribution is 2.32. The van der Waals surface area contributed by atoms with Crippen LogP contribution in [0.2, 0.25) is 0 Å². The lowest BCUT2D eigenvalue weighted by molar-refractivity contribution is 0.0906. The molecule has 1 fully saturated rings. The van der Waals surface area contributed by atoms with Crippen LogP contribution in [-0.4, -0.2) is 48.7 Å². The highest BCUT2D eigenvalue weighted by Gasteiger charge is 2.25. The highest BCUT2D eigenvalue weighted by molar-refractivity contribution is 5.72. The van der Waals surface area contributed by atoms with E-state index in [1.54, 1.807) is 6.20 Å². The largest absolute Gasteiger partial charge is 0.489 e. The van der Waals surface area contributed by atoms with Crippen molar-refractivity contribution in [3.8, 4) is 17.0 Å². The molecule has 4 aromatic rings. The first-order valence-electron chi connectivity index (χ1n) is 10.8. The van der Waals surface area contributed by atoms with Crippen molar-refractivity contribution >= 4 is 17.2 Å². The molecule has 9 nitrogen and oxygen atoms in total. The lowest BCUT2D eigenvalue weighted by atomic mass is 10.0. The van der Waals surface area contributed by atoms with Gasteiger partial charge in [0.05, 0.1) is 24.4 Å². The van der Waals surface area contributed by atoms with Gasteiger partial charge in [0.1, 0.15) is 17.3 Å². The number of rotatable bonds is 6.